The zero-order chi connectivity index (χ0) is 13.8. The molecule has 0 saturated carbocycles. The quantitative estimate of drug-likeness (QED) is 0.566. The third-order valence-electron chi connectivity index (χ3n) is 3.63. The Labute approximate surface area is 118 Å². The highest BCUT2D eigenvalue weighted by molar-refractivity contribution is 5.91. The molecule has 0 bridgehead atoms. The standard InChI is InChI=1S/C14H21N5O/c15-11-2-3-12-13(10-11)17-18-14(12)16-4-1-5-19-6-8-20-9-7-19/h2-3,10H,1,4-9,15H2,(H2,16,17,18). The SMILES string of the molecule is Nc1ccc2c(NCCCN3CCOCC3)n[nH]c2c1. The lowest BCUT2D eigenvalue weighted by molar-refractivity contribution is 0.0378. The van der Waals surface area contributed by atoms with E-state index < -0.39 is 0 Å². The Morgan fingerprint density at radius 2 is 2.20 bits per heavy atom. The van der Waals surface area contributed by atoms with Crippen molar-refractivity contribution in [2.75, 3.05) is 50.4 Å². The molecule has 1 aromatic heterocycles. The van der Waals surface area contributed by atoms with Crippen molar-refractivity contribution in [2.45, 2.75) is 6.42 Å². The number of nitrogens with two attached hydrogens (primary N) is 1. The van der Waals surface area contributed by atoms with Crippen LogP contribution in [-0.2, 0) is 4.74 Å². The maximum atomic E-state index is 5.75. The number of morpholine rings is 1. The summed E-state index contributed by atoms with van der Waals surface area (Å²) >= 11 is 0. The highest BCUT2D eigenvalue weighted by Crippen LogP contribution is 2.22. The molecule has 3 rings (SSSR count). The van der Waals surface area contributed by atoms with Crippen molar-refractivity contribution in [3.63, 3.8) is 0 Å². The molecule has 0 spiro atoms. The fraction of sp³-hybridized carbons (Fsp3) is 0.500. The summed E-state index contributed by atoms with van der Waals surface area (Å²) in [4.78, 5) is 2.44. The van der Waals surface area contributed by atoms with Crippen molar-refractivity contribution in [1.82, 2.24) is 15.1 Å². The van der Waals surface area contributed by atoms with Crippen LogP contribution in [0, 0.1) is 0 Å². The van der Waals surface area contributed by atoms with Gasteiger partial charge >= 0.3 is 0 Å². The van der Waals surface area contributed by atoms with Crippen LogP contribution in [0.1, 0.15) is 6.42 Å². The molecule has 20 heavy (non-hydrogen) atoms. The maximum Gasteiger partial charge on any atom is 0.155 e. The first kappa shape index (κ1) is 13.2. The van der Waals surface area contributed by atoms with E-state index in [2.05, 4.69) is 20.4 Å². The minimum Gasteiger partial charge on any atom is -0.399 e. The smallest absolute Gasteiger partial charge is 0.155 e. The predicted molar refractivity (Wildman–Crippen MR) is 80.9 cm³/mol. The van der Waals surface area contributed by atoms with Crippen molar-refractivity contribution in [3.8, 4) is 0 Å². The lowest BCUT2D eigenvalue weighted by Crippen LogP contribution is -2.37. The fourth-order valence-corrected chi connectivity index (χ4v) is 2.51. The Morgan fingerprint density at radius 3 is 3.05 bits per heavy atom. The predicted octanol–water partition coefficient (Wildman–Crippen LogP) is 1.28. The number of ether oxygens (including phenoxy) is 1. The molecular formula is C14H21N5O. The van der Waals surface area contributed by atoms with Gasteiger partial charge in [0.2, 0.25) is 0 Å². The first-order valence-corrected chi connectivity index (χ1v) is 7.10. The van der Waals surface area contributed by atoms with Gasteiger partial charge in [0.25, 0.3) is 0 Å². The van der Waals surface area contributed by atoms with Gasteiger partial charge in [-0.05, 0) is 31.2 Å². The Morgan fingerprint density at radius 1 is 1.35 bits per heavy atom. The molecule has 0 radical (unpaired) electrons. The summed E-state index contributed by atoms with van der Waals surface area (Å²) in [5, 5.41) is 11.8. The average molecular weight is 275 g/mol. The third-order valence-corrected chi connectivity index (χ3v) is 3.63. The number of nitrogens with zero attached hydrogens (tertiary/aromatic N) is 2. The molecule has 4 N–H and O–H groups in total. The number of fused-ring (bicyclic) bond motifs is 1. The van der Waals surface area contributed by atoms with Crippen LogP contribution in [0.25, 0.3) is 10.9 Å². The van der Waals surface area contributed by atoms with Crippen LogP contribution in [0.3, 0.4) is 0 Å². The fourth-order valence-electron chi connectivity index (χ4n) is 2.51. The Hall–Kier alpha value is -1.79. The summed E-state index contributed by atoms with van der Waals surface area (Å²) < 4.78 is 5.34. The molecule has 6 heteroatoms. The van der Waals surface area contributed by atoms with E-state index in [-0.39, 0.29) is 0 Å². The summed E-state index contributed by atoms with van der Waals surface area (Å²) in [5.41, 5.74) is 7.48. The van der Waals surface area contributed by atoms with Crippen LogP contribution in [0.5, 0.6) is 0 Å². The van der Waals surface area contributed by atoms with Crippen LogP contribution < -0.4 is 11.1 Å². The van der Waals surface area contributed by atoms with Gasteiger partial charge in [-0.1, -0.05) is 0 Å². The largest absolute Gasteiger partial charge is 0.399 e. The monoisotopic (exact) mass is 275 g/mol. The molecule has 6 nitrogen and oxygen atoms in total. The molecule has 2 aromatic rings. The van der Waals surface area contributed by atoms with E-state index in [4.69, 9.17) is 10.5 Å². The number of aromatic amines is 1. The minimum absolute atomic E-state index is 0.750. The number of nitrogens with one attached hydrogen (secondary N) is 2. The van der Waals surface area contributed by atoms with Gasteiger partial charge < -0.3 is 15.8 Å². The van der Waals surface area contributed by atoms with Gasteiger partial charge in [0.05, 0.1) is 18.7 Å². The molecule has 1 aliphatic rings. The van der Waals surface area contributed by atoms with Crippen molar-refractivity contribution < 1.29 is 4.74 Å². The van der Waals surface area contributed by atoms with Crippen LogP contribution in [0.4, 0.5) is 11.5 Å². The Bertz CT molecular complexity index is 562. The van der Waals surface area contributed by atoms with Crippen LogP contribution in [-0.4, -0.2) is 54.5 Å². The minimum atomic E-state index is 0.750. The van der Waals surface area contributed by atoms with E-state index >= 15 is 0 Å². The first-order valence-electron chi connectivity index (χ1n) is 7.10. The summed E-state index contributed by atoms with van der Waals surface area (Å²) in [7, 11) is 0. The second kappa shape index (κ2) is 6.11. The van der Waals surface area contributed by atoms with Gasteiger partial charge in [-0.3, -0.25) is 10.00 Å². The molecule has 1 fully saturated rings. The normalized spacial score (nSPS) is 16.6. The highest BCUT2D eigenvalue weighted by Gasteiger charge is 2.09. The molecule has 1 aliphatic heterocycles. The van der Waals surface area contributed by atoms with Gasteiger partial charge in [-0.25, -0.2) is 0 Å². The summed E-state index contributed by atoms with van der Waals surface area (Å²) in [6, 6.07) is 5.80. The maximum absolute atomic E-state index is 5.75. The second-order valence-corrected chi connectivity index (χ2v) is 5.11. The van der Waals surface area contributed by atoms with Crippen LogP contribution in [0.15, 0.2) is 18.2 Å². The Kier molecular flexibility index (Phi) is 4.03. The molecular weight excluding hydrogens is 254 g/mol. The lowest BCUT2D eigenvalue weighted by atomic mass is 10.2. The van der Waals surface area contributed by atoms with Gasteiger partial charge in [0.1, 0.15) is 0 Å². The van der Waals surface area contributed by atoms with Crippen molar-refractivity contribution in [3.05, 3.63) is 18.2 Å². The molecule has 0 atom stereocenters. The summed E-state index contributed by atoms with van der Waals surface area (Å²) in [6.45, 7) is 5.83. The number of rotatable bonds is 5. The zero-order valence-electron chi connectivity index (χ0n) is 11.6. The molecule has 0 amide bonds. The molecule has 0 unspecified atom stereocenters. The van der Waals surface area contributed by atoms with Crippen LogP contribution in [0.2, 0.25) is 0 Å². The van der Waals surface area contributed by atoms with E-state index in [0.29, 0.717) is 0 Å². The van der Waals surface area contributed by atoms with Crippen molar-refractivity contribution >= 4 is 22.4 Å². The van der Waals surface area contributed by atoms with E-state index in [1.807, 2.05) is 18.2 Å². The molecule has 2 heterocycles. The number of benzene rings is 1. The third kappa shape index (κ3) is 3.02. The van der Waals surface area contributed by atoms with Gasteiger partial charge in [0, 0.05) is 30.7 Å². The second-order valence-electron chi connectivity index (χ2n) is 5.11. The molecule has 108 valence electrons. The lowest BCUT2D eigenvalue weighted by Gasteiger charge is -2.26. The molecule has 0 aliphatic carbocycles. The number of H-pyrrole nitrogens is 1. The number of aromatic nitrogens is 2. The summed E-state index contributed by atoms with van der Waals surface area (Å²) in [6.07, 6.45) is 1.10. The molecule has 1 aromatic carbocycles. The number of hydrogen-bond donors (Lipinski definition) is 3. The first-order chi connectivity index (χ1) is 9.83. The van der Waals surface area contributed by atoms with Crippen molar-refractivity contribution in [2.24, 2.45) is 0 Å². The summed E-state index contributed by atoms with van der Waals surface area (Å²) in [5.74, 6) is 0.905. The van der Waals surface area contributed by atoms with Crippen LogP contribution >= 0.6 is 0 Å². The highest BCUT2D eigenvalue weighted by atomic mass is 16.5. The zero-order valence-corrected chi connectivity index (χ0v) is 11.6. The van der Waals surface area contributed by atoms with E-state index in [1.165, 1.54) is 0 Å². The van der Waals surface area contributed by atoms with E-state index in [0.717, 1.165) is 68.2 Å². The molecule has 1 saturated heterocycles. The van der Waals surface area contributed by atoms with E-state index in [9.17, 15) is 0 Å². The van der Waals surface area contributed by atoms with Gasteiger partial charge in [-0.2, -0.15) is 5.10 Å². The average Bonchev–Trinajstić information content (AvgIpc) is 2.87. The van der Waals surface area contributed by atoms with Gasteiger partial charge in [0.15, 0.2) is 5.82 Å². The number of anilines is 2. The topological polar surface area (TPSA) is 79.2 Å². The van der Waals surface area contributed by atoms with Crippen molar-refractivity contribution in [1.29, 1.82) is 0 Å². The van der Waals surface area contributed by atoms with E-state index in [1.54, 1.807) is 0 Å². The number of hydrogen-bond acceptors (Lipinski definition) is 5. The Balaban J connectivity index is 1.49. The van der Waals surface area contributed by atoms with Gasteiger partial charge in [-0.15, -0.1) is 0 Å². The number of nitrogen functional groups attached to an aromatic ring is 1.